The van der Waals surface area contributed by atoms with Gasteiger partial charge < -0.3 is 10.1 Å². The lowest BCUT2D eigenvalue weighted by molar-refractivity contribution is -0.151. The normalized spacial score (nSPS) is 15.0. The van der Waals surface area contributed by atoms with Gasteiger partial charge in [0.1, 0.15) is 0 Å². The molecule has 0 saturated carbocycles. The number of nitrogens with one attached hydrogen (secondary N) is 2. The quantitative estimate of drug-likeness (QED) is 0.477. The van der Waals surface area contributed by atoms with Crippen molar-refractivity contribution in [2.45, 2.75) is 19.3 Å². The molecule has 0 unspecified atom stereocenters. The predicted molar refractivity (Wildman–Crippen MR) is 133 cm³/mol. The Morgan fingerprint density at radius 1 is 0.917 bits per heavy atom. The molecule has 0 radical (unpaired) electrons. The Hall–Kier alpha value is -4.46. The molecule has 0 aromatic heterocycles. The van der Waals surface area contributed by atoms with Gasteiger partial charge in [-0.3, -0.25) is 29.6 Å². The molecule has 0 bridgehead atoms. The highest BCUT2D eigenvalue weighted by molar-refractivity contribution is 5.95. The number of para-hydroxylation sites is 1. The number of carbonyl (C=O) groups excluding carboxylic acids is 4. The van der Waals surface area contributed by atoms with E-state index >= 15 is 0 Å². The molecule has 2 N–H and O–H groups in total. The second-order valence-corrected chi connectivity index (χ2v) is 8.61. The predicted octanol–water partition coefficient (Wildman–Crippen LogP) is 3.19. The zero-order valence-electron chi connectivity index (χ0n) is 19.8. The Morgan fingerprint density at radius 2 is 1.50 bits per heavy atom. The topological polar surface area (TPSA) is 105 Å². The summed E-state index contributed by atoms with van der Waals surface area (Å²) in [6.45, 7) is 1.36. The SMILES string of the molecule is Cc1ccccc1NC(=O)COC(=O)[C@H]1CC(=O)N(NC(=O)C(c2ccccc2)c2ccccc2)C1. The Kier molecular flexibility index (Phi) is 7.75. The van der Waals surface area contributed by atoms with Gasteiger partial charge in [-0.2, -0.15) is 0 Å². The van der Waals surface area contributed by atoms with Crippen molar-refractivity contribution < 1.29 is 23.9 Å². The van der Waals surface area contributed by atoms with Crippen LogP contribution < -0.4 is 10.7 Å². The van der Waals surface area contributed by atoms with E-state index < -0.39 is 36.2 Å². The highest BCUT2D eigenvalue weighted by Crippen LogP contribution is 2.26. The van der Waals surface area contributed by atoms with Crippen molar-refractivity contribution in [3.63, 3.8) is 0 Å². The maximum Gasteiger partial charge on any atom is 0.311 e. The van der Waals surface area contributed by atoms with Gasteiger partial charge in [0.25, 0.3) is 11.8 Å². The fourth-order valence-corrected chi connectivity index (χ4v) is 4.11. The van der Waals surface area contributed by atoms with Crippen LogP contribution in [0.1, 0.15) is 29.0 Å². The van der Waals surface area contributed by atoms with Gasteiger partial charge in [-0.25, -0.2) is 0 Å². The molecular formula is C28H27N3O5. The van der Waals surface area contributed by atoms with E-state index in [-0.39, 0.29) is 18.9 Å². The van der Waals surface area contributed by atoms with Crippen LogP contribution in [-0.2, 0) is 23.9 Å². The monoisotopic (exact) mass is 485 g/mol. The van der Waals surface area contributed by atoms with Crippen LogP contribution in [-0.4, -0.2) is 41.9 Å². The Balaban J connectivity index is 1.35. The fraction of sp³-hybridized carbons (Fsp3) is 0.214. The number of ether oxygens (including phenoxy) is 1. The standard InChI is InChI=1S/C28H27N3O5/c1-19-10-8-9-15-23(19)29-24(32)18-36-28(35)22-16-25(33)31(17-22)30-27(34)26(20-11-4-2-5-12-20)21-13-6-3-7-14-21/h2-15,22,26H,16-18H2,1H3,(H,29,32)(H,30,34)/t22-/m0/s1. The lowest BCUT2D eigenvalue weighted by Crippen LogP contribution is -2.45. The van der Waals surface area contributed by atoms with Crippen molar-refractivity contribution in [1.29, 1.82) is 0 Å². The minimum Gasteiger partial charge on any atom is -0.455 e. The first-order valence-electron chi connectivity index (χ1n) is 11.6. The summed E-state index contributed by atoms with van der Waals surface area (Å²) in [6, 6.07) is 25.8. The average Bonchev–Trinajstić information content (AvgIpc) is 3.25. The van der Waals surface area contributed by atoms with Gasteiger partial charge in [0, 0.05) is 12.1 Å². The molecular weight excluding hydrogens is 458 g/mol. The third-order valence-electron chi connectivity index (χ3n) is 6.00. The van der Waals surface area contributed by atoms with Gasteiger partial charge in [-0.15, -0.1) is 0 Å². The minimum atomic E-state index is -0.782. The van der Waals surface area contributed by atoms with E-state index in [0.29, 0.717) is 5.69 Å². The number of benzene rings is 3. The zero-order chi connectivity index (χ0) is 25.5. The molecule has 1 heterocycles. The van der Waals surface area contributed by atoms with Gasteiger partial charge in [0.05, 0.1) is 18.4 Å². The highest BCUT2D eigenvalue weighted by Gasteiger charge is 2.37. The Bertz CT molecular complexity index is 1210. The average molecular weight is 486 g/mol. The molecule has 3 aromatic carbocycles. The highest BCUT2D eigenvalue weighted by atomic mass is 16.5. The van der Waals surface area contributed by atoms with E-state index in [1.165, 1.54) is 0 Å². The molecule has 1 saturated heterocycles. The van der Waals surface area contributed by atoms with Crippen LogP contribution in [0.25, 0.3) is 0 Å². The first-order chi connectivity index (χ1) is 17.4. The number of anilines is 1. The van der Waals surface area contributed by atoms with Crippen LogP contribution in [0.3, 0.4) is 0 Å². The number of esters is 1. The van der Waals surface area contributed by atoms with E-state index in [4.69, 9.17) is 4.74 Å². The molecule has 1 aliphatic heterocycles. The van der Waals surface area contributed by atoms with E-state index in [9.17, 15) is 19.2 Å². The number of hydrogen-bond donors (Lipinski definition) is 2. The molecule has 1 atom stereocenters. The lowest BCUT2D eigenvalue weighted by atomic mass is 9.91. The first-order valence-corrected chi connectivity index (χ1v) is 11.6. The number of nitrogens with zero attached hydrogens (tertiary/aromatic N) is 1. The number of rotatable bonds is 8. The summed E-state index contributed by atoms with van der Waals surface area (Å²) in [7, 11) is 0. The number of amides is 3. The van der Waals surface area contributed by atoms with Crippen LogP contribution in [0, 0.1) is 12.8 Å². The van der Waals surface area contributed by atoms with Crippen molar-refractivity contribution in [1.82, 2.24) is 10.4 Å². The van der Waals surface area contributed by atoms with Crippen molar-refractivity contribution >= 4 is 29.4 Å². The van der Waals surface area contributed by atoms with Gasteiger partial charge in [0.2, 0.25) is 5.91 Å². The molecule has 36 heavy (non-hydrogen) atoms. The molecule has 4 rings (SSSR count). The van der Waals surface area contributed by atoms with Gasteiger partial charge >= 0.3 is 5.97 Å². The van der Waals surface area contributed by atoms with E-state index in [1.54, 1.807) is 12.1 Å². The second-order valence-electron chi connectivity index (χ2n) is 8.61. The number of hydrogen-bond acceptors (Lipinski definition) is 5. The van der Waals surface area contributed by atoms with Crippen LogP contribution in [0.4, 0.5) is 5.69 Å². The molecule has 8 nitrogen and oxygen atoms in total. The molecule has 8 heteroatoms. The molecule has 184 valence electrons. The fourth-order valence-electron chi connectivity index (χ4n) is 4.11. The third-order valence-corrected chi connectivity index (χ3v) is 6.00. The van der Waals surface area contributed by atoms with Crippen molar-refractivity contribution in [3.05, 3.63) is 102 Å². The van der Waals surface area contributed by atoms with Crippen LogP contribution in [0.15, 0.2) is 84.9 Å². The van der Waals surface area contributed by atoms with Gasteiger partial charge in [-0.1, -0.05) is 78.9 Å². The van der Waals surface area contributed by atoms with E-state index in [2.05, 4.69) is 10.7 Å². The summed E-state index contributed by atoms with van der Waals surface area (Å²) in [5, 5.41) is 3.85. The Labute approximate surface area is 209 Å². The zero-order valence-corrected chi connectivity index (χ0v) is 19.8. The maximum absolute atomic E-state index is 13.3. The molecule has 1 fully saturated rings. The number of aryl methyl sites for hydroxylation is 1. The van der Waals surface area contributed by atoms with Crippen molar-refractivity contribution in [2.75, 3.05) is 18.5 Å². The first kappa shape index (κ1) is 24.7. The molecule has 0 aliphatic carbocycles. The third kappa shape index (κ3) is 5.96. The van der Waals surface area contributed by atoms with Gasteiger partial charge in [0.15, 0.2) is 6.61 Å². The summed E-state index contributed by atoms with van der Waals surface area (Å²) >= 11 is 0. The molecule has 3 aromatic rings. The summed E-state index contributed by atoms with van der Waals surface area (Å²) < 4.78 is 5.14. The van der Waals surface area contributed by atoms with Crippen molar-refractivity contribution in [2.24, 2.45) is 5.92 Å². The summed E-state index contributed by atoms with van der Waals surface area (Å²) in [6.07, 6.45) is -0.111. The second kappa shape index (κ2) is 11.3. The van der Waals surface area contributed by atoms with E-state index in [0.717, 1.165) is 21.7 Å². The maximum atomic E-state index is 13.3. The van der Waals surface area contributed by atoms with Crippen LogP contribution in [0.2, 0.25) is 0 Å². The Morgan fingerprint density at radius 3 is 2.11 bits per heavy atom. The summed E-state index contributed by atoms with van der Waals surface area (Å²) in [4.78, 5) is 50.5. The van der Waals surface area contributed by atoms with Crippen LogP contribution in [0.5, 0.6) is 0 Å². The lowest BCUT2D eigenvalue weighted by Gasteiger charge is -2.23. The number of hydrazine groups is 1. The smallest absolute Gasteiger partial charge is 0.311 e. The number of carbonyl (C=O) groups is 4. The molecule has 1 aliphatic rings. The summed E-state index contributed by atoms with van der Waals surface area (Å²) in [5.41, 5.74) is 5.75. The van der Waals surface area contributed by atoms with Gasteiger partial charge in [-0.05, 0) is 29.7 Å². The van der Waals surface area contributed by atoms with Crippen LogP contribution >= 0.6 is 0 Å². The van der Waals surface area contributed by atoms with E-state index in [1.807, 2.05) is 79.7 Å². The molecule has 3 amide bonds. The van der Waals surface area contributed by atoms with Crippen molar-refractivity contribution in [3.8, 4) is 0 Å². The summed E-state index contributed by atoms with van der Waals surface area (Å²) in [5.74, 6) is -3.32. The minimum absolute atomic E-state index is 0.0287. The largest absolute Gasteiger partial charge is 0.455 e. The molecule has 0 spiro atoms.